The minimum atomic E-state index is -2.75. The van der Waals surface area contributed by atoms with Gasteiger partial charge in [-0.15, -0.1) is 0 Å². The van der Waals surface area contributed by atoms with E-state index < -0.39 is 10.6 Å². The molecule has 0 saturated heterocycles. The lowest BCUT2D eigenvalue weighted by molar-refractivity contribution is -0.117. The van der Waals surface area contributed by atoms with Crippen LogP contribution >= 0.6 is 10.6 Å². The van der Waals surface area contributed by atoms with E-state index in [0.717, 1.165) is 0 Å². The number of para-hydroxylation sites is 1. The molecule has 1 aliphatic rings. The molecule has 1 aromatic carbocycles. The van der Waals surface area contributed by atoms with Crippen molar-refractivity contribution in [3.8, 4) is 0 Å². The van der Waals surface area contributed by atoms with Crippen molar-refractivity contribution in [1.29, 1.82) is 0 Å². The standard InChI is InChI=1S/C10H14N2O3S/c11-7-10(13)12-5-6-16(14,15)9-4-2-1-3-8(9)12/h1-4,14-15H,5-7,11H2. The minimum Gasteiger partial charge on any atom is -0.322 e. The molecule has 0 bridgehead atoms. The second-order valence-corrected chi connectivity index (χ2v) is 5.77. The van der Waals surface area contributed by atoms with Crippen LogP contribution in [0.3, 0.4) is 0 Å². The fourth-order valence-corrected chi connectivity index (χ4v) is 3.24. The van der Waals surface area contributed by atoms with E-state index in [2.05, 4.69) is 0 Å². The van der Waals surface area contributed by atoms with Crippen LogP contribution < -0.4 is 10.6 Å². The molecular weight excluding hydrogens is 228 g/mol. The first kappa shape index (κ1) is 11.4. The van der Waals surface area contributed by atoms with Gasteiger partial charge in [0.2, 0.25) is 5.91 Å². The van der Waals surface area contributed by atoms with Crippen LogP contribution in [0.4, 0.5) is 5.69 Å². The van der Waals surface area contributed by atoms with Crippen LogP contribution in [-0.4, -0.2) is 33.9 Å². The van der Waals surface area contributed by atoms with E-state index in [0.29, 0.717) is 17.1 Å². The average Bonchev–Trinajstić information content (AvgIpc) is 2.28. The Morgan fingerprint density at radius 2 is 2.12 bits per heavy atom. The molecule has 1 aliphatic heterocycles. The minimum absolute atomic E-state index is 0.0759. The topological polar surface area (TPSA) is 86.8 Å². The highest BCUT2D eigenvalue weighted by Crippen LogP contribution is 2.54. The van der Waals surface area contributed by atoms with Gasteiger partial charge in [-0.2, -0.15) is 10.6 Å². The van der Waals surface area contributed by atoms with Crippen LogP contribution in [0.1, 0.15) is 0 Å². The van der Waals surface area contributed by atoms with E-state index in [1.54, 1.807) is 24.3 Å². The Labute approximate surface area is 95.2 Å². The number of amides is 1. The lowest BCUT2D eigenvalue weighted by atomic mass is 10.2. The maximum Gasteiger partial charge on any atom is 0.240 e. The Balaban J connectivity index is 2.47. The van der Waals surface area contributed by atoms with Gasteiger partial charge < -0.3 is 10.6 Å². The Morgan fingerprint density at radius 1 is 1.44 bits per heavy atom. The van der Waals surface area contributed by atoms with Gasteiger partial charge in [0.25, 0.3) is 0 Å². The summed E-state index contributed by atoms with van der Waals surface area (Å²) in [6, 6.07) is 6.83. The maximum absolute atomic E-state index is 11.6. The van der Waals surface area contributed by atoms with Crippen molar-refractivity contribution in [1.82, 2.24) is 0 Å². The molecule has 0 atom stereocenters. The van der Waals surface area contributed by atoms with Crippen LogP contribution in [0.2, 0.25) is 0 Å². The SMILES string of the molecule is NCC(=O)N1CCS(O)(O)c2ccccc21. The Bertz CT molecular complexity index is 422. The van der Waals surface area contributed by atoms with Gasteiger partial charge in [-0.3, -0.25) is 13.9 Å². The molecule has 5 nitrogen and oxygen atoms in total. The van der Waals surface area contributed by atoms with E-state index in [1.165, 1.54) is 4.90 Å². The normalized spacial score (nSPS) is 20.1. The smallest absolute Gasteiger partial charge is 0.240 e. The highest BCUT2D eigenvalue weighted by Gasteiger charge is 2.30. The van der Waals surface area contributed by atoms with Crippen molar-refractivity contribution in [2.45, 2.75) is 4.90 Å². The second kappa shape index (κ2) is 4.06. The molecular formula is C10H14N2O3S. The van der Waals surface area contributed by atoms with Crippen molar-refractivity contribution < 1.29 is 13.9 Å². The van der Waals surface area contributed by atoms with Crippen LogP contribution in [0.15, 0.2) is 29.2 Å². The van der Waals surface area contributed by atoms with E-state index in [9.17, 15) is 13.9 Å². The first-order valence-electron chi connectivity index (χ1n) is 4.91. The highest BCUT2D eigenvalue weighted by molar-refractivity contribution is 8.24. The quantitative estimate of drug-likeness (QED) is 0.688. The third-order valence-electron chi connectivity index (χ3n) is 2.58. The van der Waals surface area contributed by atoms with E-state index in [1.807, 2.05) is 0 Å². The van der Waals surface area contributed by atoms with Crippen LogP contribution in [0, 0.1) is 0 Å². The molecule has 0 unspecified atom stereocenters. The van der Waals surface area contributed by atoms with Crippen molar-refractivity contribution in [3.63, 3.8) is 0 Å². The number of fused-ring (bicyclic) bond motifs is 1. The molecule has 0 saturated carbocycles. The molecule has 0 spiro atoms. The Hall–Kier alpha value is -1.08. The molecule has 0 aliphatic carbocycles. The molecule has 6 heteroatoms. The number of benzene rings is 1. The zero-order valence-corrected chi connectivity index (χ0v) is 9.48. The molecule has 88 valence electrons. The van der Waals surface area contributed by atoms with Crippen molar-refractivity contribution >= 4 is 22.2 Å². The van der Waals surface area contributed by atoms with Crippen molar-refractivity contribution in [3.05, 3.63) is 24.3 Å². The fraction of sp³-hybridized carbons (Fsp3) is 0.300. The largest absolute Gasteiger partial charge is 0.322 e. The van der Waals surface area contributed by atoms with E-state index in [-0.39, 0.29) is 18.2 Å². The summed E-state index contributed by atoms with van der Waals surface area (Å²) in [5, 5.41) is 0. The maximum atomic E-state index is 11.6. The second-order valence-electron chi connectivity index (χ2n) is 3.59. The molecule has 0 aromatic heterocycles. The lowest BCUT2D eigenvalue weighted by Gasteiger charge is -2.42. The number of rotatable bonds is 1. The Morgan fingerprint density at radius 3 is 2.81 bits per heavy atom. The number of hydrogen-bond donors (Lipinski definition) is 3. The first-order chi connectivity index (χ1) is 7.56. The summed E-state index contributed by atoms with van der Waals surface area (Å²) in [5.41, 5.74) is 5.88. The van der Waals surface area contributed by atoms with Gasteiger partial charge in [-0.25, -0.2) is 0 Å². The van der Waals surface area contributed by atoms with Crippen LogP contribution in [0.25, 0.3) is 0 Å². The lowest BCUT2D eigenvalue weighted by Crippen LogP contribution is -2.41. The van der Waals surface area contributed by atoms with Crippen molar-refractivity contribution in [2.24, 2.45) is 5.73 Å². The first-order valence-corrected chi connectivity index (χ1v) is 6.63. The van der Waals surface area contributed by atoms with Crippen molar-refractivity contribution in [2.75, 3.05) is 23.7 Å². The summed E-state index contributed by atoms with van der Waals surface area (Å²) in [6.07, 6.45) is 0. The third kappa shape index (κ3) is 1.80. The molecule has 16 heavy (non-hydrogen) atoms. The molecule has 4 N–H and O–H groups in total. The molecule has 1 aromatic rings. The summed E-state index contributed by atoms with van der Waals surface area (Å²) in [6.45, 7) is 0.225. The summed E-state index contributed by atoms with van der Waals surface area (Å²) in [5.74, 6) is -0.0298. The van der Waals surface area contributed by atoms with E-state index in [4.69, 9.17) is 5.73 Å². The van der Waals surface area contributed by atoms with Gasteiger partial charge in [0.15, 0.2) is 0 Å². The summed E-state index contributed by atoms with van der Waals surface area (Å²) < 4.78 is 19.7. The van der Waals surface area contributed by atoms with Gasteiger partial charge in [-0.1, -0.05) is 12.1 Å². The summed E-state index contributed by atoms with van der Waals surface area (Å²) >= 11 is 0. The molecule has 1 heterocycles. The number of nitrogens with zero attached hydrogens (tertiary/aromatic N) is 1. The molecule has 0 fully saturated rings. The van der Waals surface area contributed by atoms with Gasteiger partial charge in [0.1, 0.15) is 0 Å². The summed E-state index contributed by atoms with van der Waals surface area (Å²) in [4.78, 5) is 13.5. The van der Waals surface area contributed by atoms with Gasteiger partial charge >= 0.3 is 0 Å². The number of anilines is 1. The number of carbonyl (C=O) groups is 1. The van der Waals surface area contributed by atoms with Gasteiger partial charge in [0.05, 0.1) is 22.9 Å². The van der Waals surface area contributed by atoms with Crippen LogP contribution in [0.5, 0.6) is 0 Å². The number of hydrogen-bond acceptors (Lipinski definition) is 4. The highest BCUT2D eigenvalue weighted by atomic mass is 32.3. The zero-order chi connectivity index (χ0) is 11.8. The monoisotopic (exact) mass is 242 g/mol. The van der Waals surface area contributed by atoms with E-state index >= 15 is 0 Å². The van der Waals surface area contributed by atoms with Gasteiger partial charge in [-0.05, 0) is 12.1 Å². The average molecular weight is 242 g/mol. The predicted molar refractivity (Wildman–Crippen MR) is 63.8 cm³/mol. The molecule has 0 radical (unpaired) electrons. The summed E-state index contributed by atoms with van der Waals surface area (Å²) in [7, 11) is -2.75. The fourth-order valence-electron chi connectivity index (χ4n) is 1.77. The Kier molecular flexibility index (Phi) is 2.90. The zero-order valence-electron chi connectivity index (χ0n) is 8.67. The number of nitrogens with two attached hydrogens (primary N) is 1. The number of carbonyl (C=O) groups excluding carboxylic acids is 1. The molecule has 1 amide bonds. The third-order valence-corrected chi connectivity index (χ3v) is 4.38. The predicted octanol–water partition coefficient (Wildman–Crippen LogP) is 1.10. The van der Waals surface area contributed by atoms with Gasteiger partial charge in [0, 0.05) is 6.54 Å². The molecule has 2 rings (SSSR count). The van der Waals surface area contributed by atoms with Crippen LogP contribution in [-0.2, 0) is 4.79 Å².